The highest BCUT2D eigenvalue weighted by atomic mass is 16.3. The molecule has 4 nitrogen and oxygen atoms in total. The van der Waals surface area contributed by atoms with E-state index in [1.807, 2.05) is 18.2 Å². The quantitative estimate of drug-likeness (QED) is 0.189. The van der Waals surface area contributed by atoms with Gasteiger partial charge in [-0.05, 0) is 73.0 Å². The van der Waals surface area contributed by atoms with Crippen LogP contribution >= 0.6 is 0 Å². The van der Waals surface area contributed by atoms with E-state index < -0.39 is 6.85 Å². The third-order valence-corrected chi connectivity index (χ3v) is 9.24. The second-order valence-electron chi connectivity index (χ2n) is 13.2. The Morgan fingerprint density at radius 1 is 0.818 bits per heavy atom. The molecule has 4 aromatic carbocycles. The predicted molar refractivity (Wildman–Crippen MR) is 184 cm³/mol. The molecular formula is C40H42N3O+. The molecule has 0 aliphatic carbocycles. The molecule has 44 heavy (non-hydrogen) atoms. The van der Waals surface area contributed by atoms with E-state index in [9.17, 15) is 0 Å². The van der Waals surface area contributed by atoms with Crippen LogP contribution in [0.3, 0.4) is 0 Å². The molecule has 0 radical (unpaired) electrons. The minimum absolute atomic E-state index is 0.0932. The fourth-order valence-corrected chi connectivity index (χ4v) is 6.92. The van der Waals surface area contributed by atoms with Crippen LogP contribution in [0.4, 0.5) is 0 Å². The normalized spacial score (nSPS) is 13.7. The van der Waals surface area contributed by atoms with E-state index in [0.29, 0.717) is 23.3 Å². The second-order valence-corrected chi connectivity index (χ2v) is 13.2. The van der Waals surface area contributed by atoms with E-state index >= 15 is 0 Å². The summed E-state index contributed by atoms with van der Waals surface area (Å²) in [6.45, 7) is 13.6. The molecule has 7 rings (SSSR count). The van der Waals surface area contributed by atoms with E-state index in [1.165, 1.54) is 22.4 Å². The van der Waals surface area contributed by atoms with Crippen LogP contribution < -0.4 is 4.57 Å². The third kappa shape index (κ3) is 4.18. The minimum atomic E-state index is -2.27. The zero-order valence-corrected chi connectivity index (χ0v) is 26.9. The Morgan fingerprint density at radius 2 is 1.52 bits per heavy atom. The number of furan rings is 1. The van der Waals surface area contributed by atoms with E-state index in [2.05, 4.69) is 118 Å². The van der Waals surface area contributed by atoms with Crippen LogP contribution in [0.25, 0.3) is 61.0 Å². The van der Waals surface area contributed by atoms with Crippen LogP contribution in [0.2, 0.25) is 0 Å². The first-order valence-corrected chi connectivity index (χ1v) is 15.7. The number of imidazole rings is 1. The molecule has 0 unspecified atom stereocenters. The number of nitrogens with zero attached hydrogens (tertiary/aromatic N) is 3. The summed E-state index contributed by atoms with van der Waals surface area (Å²) >= 11 is 0. The van der Waals surface area contributed by atoms with Gasteiger partial charge in [-0.15, -0.1) is 0 Å². The number of benzene rings is 4. The second kappa shape index (κ2) is 10.3. The molecule has 4 heteroatoms. The summed E-state index contributed by atoms with van der Waals surface area (Å²) in [5, 5.41) is 2.80. The third-order valence-electron chi connectivity index (χ3n) is 9.24. The van der Waals surface area contributed by atoms with Crippen LogP contribution in [-0.2, 0) is 7.05 Å². The molecule has 0 aliphatic heterocycles. The lowest BCUT2D eigenvalue weighted by Gasteiger charge is -2.21. The highest BCUT2D eigenvalue weighted by molar-refractivity contribution is 6.20. The molecule has 0 fully saturated rings. The fourth-order valence-electron chi connectivity index (χ4n) is 6.92. The van der Waals surface area contributed by atoms with Gasteiger partial charge in [-0.2, -0.15) is 4.57 Å². The lowest BCUT2D eigenvalue weighted by atomic mass is 9.87. The molecular weight excluding hydrogens is 538 g/mol. The minimum Gasteiger partial charge on any atom is -0.455 e. The van der Waals surface area contributed by atoms with Crippen molar-refractivity contribution in [1.82, 2.24) is 9.55 Å². The van der Waals surface area contributed by atoms with E-state index in [4.69, 9.17) is 8.53 Å². The van der Waals surface area contributed by atoms with Crippen LogP contribution in [0, 0.1) is 13.8 Å². The van der Waals surface area contributed by atoms with Crippen molar-refractivity contribution >= 4 is 43.9 Å². The van der Waals surface area contributed by atoms with Gasteiger partial charge >= 0.3 is 0 Å². The monoisotopic (exact) mass is 583 g/mol. The topological polar surface area (TPSA) is 34.8 Å². The molecule has 0 bridgehead atoms. The SMILES string of the molecule is [2H]C([2H])([2H])c1ccc2c(ccc3oc4c(-c5n(-c6c(C(C)C)cc(C(C)C)cc6C(C)C)c6ccccc6[n+]5C)c(C)ccc4c32)n1. The van der Waals surface area contributed by atoms with Crippen LogP contribution in [0.5, 0.6) is 0 Å². The number of pyridine rings is 1. The van der Waals surface area contributed by atoms with Crippen LogP contribution in [-0.4, -0.2) is 9.55 Å². The molecule has 0 saturated carbocycles. The summed E-state index contributed by atoms with van der Waals surface area (Å²) in [5.74, 6) is 2.09. The maximum Gasteiger partial charge on any atom is 0.299 e. The van der Waals surface area contributed by atoms with Gasteiger partial charge in [0.15, 0.2) is 16.6 Å². The average Bonchev–Trinajstić information content (AvgIpc) is 3.54. The van der Waals surface area contributed by atoms with Gasteiger partial charge in [0.2, 0.25) is 0 Å². The van der Waals surface area contributed by atoms with Gasteiger partial charge in [0.1, 0.15) is 16.8 Å². The Morgan fingerprint density at radius 3 is 2.20 bits per heavy atom. The zero-order chi connectivity index (χ0) is 33.5. The summed E-state index contributed by atoms with van der Waals surface area (Å²) in [5.41, 5.74) is 12.0. The number of rotatable bonds is 5. The molecule has 3 heterocycles. The van der Waals surface area contributed by atoms with Gasteiger partial charge in [-0.1, -0.05) is 84.0 Å². The van der Waals surface area contributed by atoms with Crippen molar-refractivity contribution in [3.63, 3.8) is 0 Å². The number of para-hydroxylation sites is 2. The summed E-state index contributed by atoms with van der Waals surface area (Å²) in [6, 6.07) is 25.0. The summed E-state index contributed by atoms with van der Waals surface area (Å²) < 4.78 is 35.2. The number of aryl methyl sites for hydroxylation is 3. The molecule has 0 saturated heterocycles. The highest BCUT2D eigenvalue weighted by Crippen LogP contribution is 2.43. The fraction of sp³-hybridized carbons (Fsp3) is 0.300. The van der Waals surface area contributed by atoms with Gasteiger partial charge in [0.25, 0.3) is 5.82 Å². The smallest absolute Gasteiger partial charge is 0.299 e. The van der Waals surface area contributed by atoms with Crippen LogP contribution in [0.1, 0.15) is 91.4 Å². The van der Waals surface area contributed by atoms with Gasteiger partial charge in [-0.25, -0.2) is 4.57 Å². The Bertz CT molecular complexity index is 2330. The first kappa shape index (κ1) is 24.9. The number of fused-ring (bicyclic) bond motifs is 6. The molecule has 0 spiro atoms. The molecule has 222 valence electrons. The lowest BCUT2D eigenvalue weighted by molar-refractivity contribution is -0.633. The lowest BCUT2D eigenvalue weighted by Crippen LogP contribution is -2.30. The summed E-state index contributed by atoms with van der Waals surface area (Å²) in [4.78, 5) is 4.54. The van der Waals surface area contributed by atoms with Crippen molar-refractivity contribution in [3.8, 4) is 17.1 Å². The zero-order valence-electron chi connectivity index (χ0n) is 29.9. The van der Waals surface area contributed by atoms with Crippen LogP contribution in [0.15, 0.2) is 77.2 Å². The highest BCUT2D eigenvalue weighted by Gasteiger charge is 2.34. The Labute approximate surface area is 264 Å². The Hall–Kier alpha value is -4.44. The number of hydrogen-bond acceptors (Lipinski definition) is 2. The average molecular weight is 584 g/mol. The molecule has 0 amide bonds. The molecule has 3 aromatic heterocycles. The van der Waals surface area contributed by atoms with Gasteiger partial charge < -0.3 is 4.42 Å². The summed E-state index contributed by atoms with van der Waals surface area (Å²) in [6.07, 6.45) is 0. The van der Waals surface area contributed by atoms with Crippen molar-refractivity contribution < 1.29 is 13.1 Å². The largest absolute Gasteiger partial charge is 0.455 e. The molecule has 7 aromatic rings. The predicted octanol–water partition coefficient (Wildman–Crippen LogP) is 10.6. The van der Waals surface area contributed by atoms with E-state index in [1.54, 1.807) is 6.07 Å². The molecule has 0 atom stereocenters. The van der Waals surface area contributed by atoms with E-state index in [0.717, 1.165) is 55.3 Å². The Balaban J connectivity index is 1.63. The van der Waals surface area contributed by atoms with Crippen molar-refractivity contribution in [2.24, 2.45) is 7.05 Å². The van der Waals surface area contributed by atoms with Gasteiger partial charge in [-0.3, -0.25) is 4.98 Å². The Kier molecular flexibility index (Phi) is 5.86. The van der Waals surface area contributed by atoms with Crippen molar-refractivity contribution in [3.05, 3.63) is 101 Å². The van der Waals surface area contributed by atoms with Crippen molar-refractivity contribution in [2.75, 3.05) is 0 Å². The first-order valence-electron chi connectivity index (χ1n) is 17.2. The molecule has 0 N–H and O–H groups in total. The number of hydrogen-bond donors (Lipinski definition) is 0. The maximum absolute atomic E-state index is 7.88. The van der Waals surface area contributed by atoms with E-state index in [-0.39, 0.29) is 5.69 Å². The number of aromatic nitrogens is 3. The molecule has 0 aliphatic rings. The maximum atomic E-state index is 7.88. The van der Waals surface area contributed by atoms with Gasteiger partial charge in [0, 0.05) is 37.1 Å². The van der Waals surface area contributed by atoms with Crippen molar-refractivity contribution in [2.45, 2.75) is 73.1 Å². The van der Waals surface area contributed by atoms with Crippen molar-refractivity contribution in [1.29, 1.82) is 0 Å². The van der Waals surface area contributed by atoms with Gasteiger partial charge in [0.05, 0.1) is 12.6 Å². The standard InChI is InChI=1S/C40H42N3O/c1-22(2)27-20-30(23(3)4)38(31(21-27)24(5)6)43-34-13-11-10-12-33(34)42(9)40(43)36-25(7)14-16-29-37-28-17-15-26(8)41-32(28)18-19-35(37)44-39(29)36/h10-24H,1-9H3/q+1/i8D3. The first-order chi connectivity index (χ1) is 22.3. The summed E-state index contributed by atoms with van der Waals surface area (Å²) in [7, 11) is 2.15.